The van der Waals surface area contributed by atoms with Gasteiger partial charge in [0.25, 0.3) is 0 Å². The second-order valence-corrected chi connectivity index (χ2v) is 5.34. The van der Waals surface area contributed by atoms with E-state index in [4.69, 9.17) is 4.74 Å². The molecule has 0 radical (unpaired) electrons. The second kappa shape index (κ2) is 9.90. The standard InChI is InChI=1S/C15H31NO/c1-3-5-6-7-8-9-10-15(16-4-2)14-11-12-17-13-14/h14-16H,3-13H2,1-2H3. The molecule has 2 nitrogen and oxygen atoms in total. The van der Waals surface area contributed by atoms with Crippen LogP contribution < -0.4 is 5.32 Å². The van der Waals surface area contributed by atoms with Gasteiger partial charge >= 0.3 is 0 Å². The molecule has 17 heavy (non-hydrogen) atoms. The van der Waals surface area contributed by atoms with Crippen molar-refractivity contribution in [1.29, 1.82) is 0 Å². The zero-order chi connectivity index (χ0) is 12.3. The first-order chi connectivity index (χ1) is 8.38. The Bertz CT molecular complexity index is 166. The Hall–Kier alpha value is -0.0800. The first-order valence-corrected chi connectivity index (χ1v) is 7.69. The van der Waals surface area contributed by atoms with Crippen LogP contribution in [-0.4, -0.2) is 25.8 Å². The van der Waals surface area contributed by atoms with Crippen LogP contribution in [-0.2, 0) is 4.74 Å². The van der Waals surface area contributed by atoms with E-state index in [1.807, 2.05) is 0 Å². The maximum Gasteiger partial charge on any atom is 0.0510 e. The summed E-state index contributed by atoms with van der Waals surface area (Å²) in [4.78, 5) is 0. The summed E-state index contributed by atoms with van der Waals surface area (Å²) in [6.45, 7) is 7.54. The number of ether oxygens (including phenoxy) is 1. The topological polar surface area (TPSA) is 21.3 Å². The van der Waals surface area contributed by atoms with Gasteiger partial charge in [-0.1, -0.05) is 52.4 Å². The van der Waals surface area contributed by atoms with Gasteiger partial charge in [-0.3, -0.25) is 0 Å². The average molecular weight is 241 g/mol. The molecule has 0 saturated carbocycles. The van der Waals surface area contributed by atoms with Crippen molar-refractivity contribution in [2.45, 2.75) is 71.3 Å². The molecule has 1 saturated heterocycles. The summed E-state index contributed by atoms with van der Waals surface area (Å²) in [5.41, 5.74) is 0. The Balaban J connectivity index is 2.07. The van der Waals surface area contributed by atoms with Crippen LogP contribution in [0.5, 0.6) is 0 Å². The quantitative estimate of drug-likeness (QED) is 0.588. The number of rotatable bonds is 10. The van der Waals surface area contributed by atoms with Gasteiger partial charge in [0, 0.05) is 12.6 Å². The molecule has 0 amide bonds. The van der Waals surface area contributed by atoms with Crippen molar-refractivity contribution in [3.63, 3.8) is 0 Å². The van der Waals surface area contributed by atoms with Crippen molar-refractivity contribution in [2.75, 3.05) is 19.8 Å². The van der Waals surface area contributed by atoms with Crippen LogP contribution in [0.3, 0.4) is 0 Å². The lowest BCUT2D eigenvalue weighted by Crippen LogP contribution is -2.36. The lowest BCUT2D eigenvalue weighted by atomic mass is 9.93. The molecule has 1 aliphatic rings. The minimum absolute atomic E-state index is 0.702. The highest BCUT2D eigenvalue weighted by molar-refractivity contribution is 4.79. The largest absolute Gasteiger partial charge is 0.381 e. The summed E-state index contributed by atoms with van der Waals surface area (Å²) in [7, 11) is 0. The Kier molecular flexibility index (Phi) is 8.72. The van der Waals surface area contributed by atoms with E-state index in [1.54, 1.807) is 0 Å². The number of unbranched alkanes of at least 4 members (excludes halogenated alkanes) is 5. The van der Waals surface area contributed by atoms with Gasteiger partial charge in [0.15, 0.2) is 0 Å². The van der Waals surface area contributed by atoms with Gasteiger partial charge in [0.05, 0.1) is 6.61 Å². The highest BCUT2D eigenvalue weighted by Crippen LogP contribution is 2.21. The molecule has 0 aromatic carbocycles. The fraction of sp³-hybridized carbons (Fsp3) is 1.00. The van der Waals surface area contributed by atoms with Gasteiger partial charge in [0.1, 0.15) is 0 Å². The molecule has 0 aromatic heterocycles. The number of hydrogen-bond acceptors (Lipinski definition) is 2. The minimum Gasteiger partial charge on any atom is -0.381 e. The molecule has 0 aliphatic carbocycles. The van der Waals surface area contributed by atoms with Gasteiger partial charge in [-0.15, -0.1) is 0 Å². The molecule has 1 fully saturated rings. The maximum absolute atomic E-state index is 5.50. The molecule has 0 aromatic rings. The Labute approximate surface area is 108 Å². The average Bonchev–Trinajstić information content (AvgIpc) is 2.86. The summed E-state index contributed by atoms with van der Waals surface area (Å²) < 4.78 is 5.50. The minimum atomic E-state index is 0.702. The highest BCUT2D eigenvalue weighted by Gasteiger charge is 2.24. The molecule has 1 heterocycles. The molecule has 2 heteroatoms. The van der Waals surface area contributed by atoms with Gasteiger partial charge in [0.2, 0.25) is 0 Å². The van der Waals surface area contributed by atoms with E-state index in [2.05, 4.69) is 19.2 Å². The molecule has 0 bridgehead atoms. The van der Waals surface area contributed by atoms with Crippen molar-refractivity contribution in [1.82, 2.24) is 5.32 Å². The first-order valence-electron chi connectivity index (χ1n) is 7.69. The van der Waals surface area contributed by atoms with Gasteiger partial charge < -0.3 is 10.1 Å². The van der Waals surface area contributed by atoms with Crippen LogP contribution >= 0.6 is 0 Å². The monoisotopic (exact) mass is 241 g/mol. The predicted octanol–water partition coefficient (Wildman–Crippen LogP) is 3.75. The van der Waals surface area contributed by atoms with E-state index < -0.39 is 0 Å². The zero-order valence-electron chi connectivity index (χ0n) is 11.8. The first kappa shape index (κ1) is 15.0. The van der Waals surface area contributed by atoms with Crippen LogP contribution in [0.4, 0.5) is 0 Å². The van der Waals surface area contributed by atoms with Crippen molar-refractivity contribution >= 4 is 0 Å². The van der Waals surface area contributed by atoms with Crippen LogP contribution in [0.2, 0.25) is 0 Å². The van der Waals surface area contributed by atoms with E-state index in [0.29, 0.717) is 6.04 Å². The molecular formula is C15H31NO. The van der Waals surface area contributed by atoms with Crippen LogP contribution in [0.1, 0.15) is 65.2 Å². The third-order valence-electron chi connectivity index (χ3n) is 3.87. The fourth-order valence-electron chi connectivity index (χ4n) is 2.78. The van der Waals surface area contributed by atoms with Crippen molar-refractivity contribution in [3.8, 4) is 0 Å². The van der Waals surface area contributed by atoms with Gasteiger partial charge in [-0.05, 0) is 25.3 Å². The second-order valence-electron chi connectivity index (χ2n) is 5.34. The van der Waals surface area contributed by atoms with Crippen molar-refractivity contribution < 1.29 is 4.74 Å². The summed E-state index contributed by atoms with van der Waals surface area (Å²) in [6.07, 6.45) is 11.0. The molecule has 0 spiro atoms. The van der Waals surface area contributed by atoms with Crippen molar-refractivity contribution in [2.24, 2.45) is 5.92 Å². The molecule has 1 N–H and O–H groups in total. The van der Waals surface area contributed by atoms with E-state index in [-0.39, 0.29) is 0 Å². The van der Waals surface area contributed by atoms with E-state index in [0.717, 1.165) is 25.7 Å². The highest BCUT2D eigenvalue weighted by atomic mass is 16.5. The van der Waals surface area contributed by atoms with Crippen LogP contribution in [0, 0.1) is 5.92 Å². The predicted molar refractivity (Wildman–Crippen MR) is 74.4 cm³/mol. The molecule has 2 atom stereocenters. The Morgan fingerprint density at radius 3 is 2.53 bits per heavy atom. The Morgan fingerprint density at radius 1 is 1.12 bits per heavy atom. The summed E-state index contributed by atoms with van der Waals surface area (Å²) in [6, 6.07) is 0.702. The zero-order valence-corrected chi connectivity index (χ0v) is 11.8. The van der Waals surface area contributed by atoms with Crippen molar-refractivity contribution in [3.05, 3.63) is 0 Å². The molecule has 2 unspecified atom stereocenters. The smallest absolute Gasteiger partial charge is 0.0510 e. The lowest BCUT2D eigenvalue weighted by Gasteiger charge is -2.23. The van der Waals surface area contributed by atoms with E-state index in [1.165, 1.54) is 51.4 Å². The fourth-order valence-corrected chi connectivity index (χ4v) is 2.78. The summed E-state index contributed by atoms with van der Waals surface area (Å²) in [5, 5.41) is 3.65. The third-order valence-corrected chi connectivity index (χ3v) is 3.87. The number of hydrogen-bond donors (Lipinski definition) is 1. The van der Waals surface area contributed by atoms with Crippen LogP contribution in [0.25, 0.3) is 0 Å². The maximum atomic E-state index is 5.50. The van der Waals surface area contributed by atoms with Gasteiger partial charge in [-0.25, -0.2) is 0 Å². The number of nitrogens with one attached hydrogen (secondary N) is 1. The van der Waals surface area contributed by atoms with Crippen LogP contribution in [0.15, 0.2) is 0 Å². The normalized spacial score (nSPS) is 21.9. The lowest BCUT2D eigenvalue weighted by molar-refractivity contribution is 0.175. The van der Waals surface area contributed by atoms with E-state index in [9.17, 15) is 0 Å². The Morgan fingerprint density at radius 2 is 1.88 bits per heavy atom. The molecule has 102 valence electrons. The molecule has 1 rings (SSSR count). The molecular weight excluding hydrogens is 210 g/mol. The molecule has 1 aliphatic heterocycles. The third kappa shape index (κ3) is 6.42. The van der Waals surface area contributed by atoms with Gasteiger partial charge in [-0.2, -0.15) is 0 Å². The summed E-state index contributed by atoms with van der Waals surface area (Å²) in [5.74, 6) is 0.769. The van der Waals surface area contributed by atoms with E-state index >= 15 is 0 Å². The SMILES string of the molecule is CCCCCCCCC(NCC)C1CCOC1. The summed E-state index contributed by atoms with van der Waals surface area (Å²) >= 11 is 0.